The molecule has 0 aliphatic rings. The number of alkyl halides is 3. The molecule has 0 bridgehead atoms. The van der Waals surface area contributed by atoms with Gasteiger partial charge in [-0.2, -0.15) is 13.2 Å². The highest BCUT2D eigenvalue weighted by molar-refractivity contribution is 7.98. The summed E-state index contributed by atoms with van der Waals surface area (Å²) in [4.78, 5) is 16.6. The van der Waals surface area contributed by atoms with E-state index in [9.17, 15) is 18.0 Å². The molecule has 0 aliphatic carbocycles. The minimum atomic E-state index is -4.51. The van der Waals surface area contributed by atoms with Crippen molar-refractivity contribution in [2.45, 2.75) is 43.9 Å². The molecule has 8 nitrogen and oxygen atoms in total. The lowest BCUT2D eigenvalue weighted by Gasteiger charge is -2.16. The van der Waals surface area contributed by atoms with Crippen LogP contribution in [0.25, 0.3) is 17.3 Å². The maximum Gasteiger partial charge on any atom is 0.416 e. The number of rotatable bonds is 8. The average molecular weight is 506 g/mol. The van der Waals surface area contributed by atoms with Crippen molar-refractivity contribution in [1.82, 2.24) is 25.1 Å². The lowest BCUT2D eigenvalue weighted by Crippen LogP contribution is -2.36. The summed E-state index contributed by atoms with van der Waals surface area (Å²) in [6, 6.07) is 8.10. The largest absolute Gasteiger partial charge is 0.461 e. The number of nitrogens with zero attached hydrogens (tertiary/aromatic N) is 4. The van der Waals surface area contributed by atoms with Gasteiger partial charge in [-0.3, -0.25) is 9.36 Å². The summed E-state index contributed by atoms with van der Waals surface area (Å²) in [5.41, 5.74) is -0.443. The van der Waals surface area contributed by atoms with Crippen LogP contribution in [0.2, 0.25) is 0 Å². The summed E-state index contributed by atoms with van der Waals surface area (Å²) in [5.74, 6) is 0.922. The molecule has 1 aromatic carbocycles. The predicted octanol–water partition coefficient (Wildman–Crippen LogP) is 5.60. The van der Waals surface area contributed by atoms with Gasteiger partial charge in [0.1, 0.15) is 6.26 Å². The Morgan fingerprint density at radius 2 is 1.94 bits per heavy atom. The topological polar surface area (TPSA) is 99.0 Å². The van der Waals surface area contributed by atoms with Crippen molar-refractivity contribution < 1.29 is 26.8 Å². The van der Waals surface area contributed by atoms with Crippen LogP contribution in [-0.4, -0.2) is 31.7 Å². The van der Waals surface area contributed by atoms with Gasteiger partial charge in [-0.05, 0) is 43.2 Å². The van der Waals surface area contributed by atoms with E-state index in [4.69, 9.17) is 8.83 Å². The number of benzene rings is 1. The predicted molar refractivity (Wildman–Crippen MR) is 122 cm³/mol. The van der Waals surface area contributed by atoms with Gasteiger partial charge >= 0.3 is 6.18 Å². The minimum Gasteiger partial charge on any atom is -0.461 e. The highest BCUT2D eigenvalue weighted by atomic mass is 32.2. The Morgan fingerprint density at radius 3 is 2.63 bits per heavy atom. The summed E-state index contributed by atoms with van der Waals surface area (Å²) in [6.45, 7) is 5.89. The zero-order valence-corrected chi connectivity index (χ0v) is 19.9. The van der Waals surface area contributed by atoms with Crippen molar-refractivity contribution in [2.24, 2.45) is 5.92 Å². The van der Waals surface area contributed by atoms with E-state index in [0.717, 1.165) is 23.9 Å². The summed E-state index contributed by atoms with van der Waals surface area (Å²) in [6.07, 6.45) is -1.80. The van der Waals surface area contributed by atoms with Gasteiger partial charge in [-0.1, -0.05) is 31.7 Å². The van der Waals surface area contributed by atoms with Crippen LogP contribution in [0.1, 0.15) is 42.7 Å². The quantitative estimate of drug-likeness (QED) is 0.311. The number of nitrogens with one attached hydrogen (secondary N) is 1. The van der Waals surface area contributed by atoms with Crippen molar-refractivity contribution in [1.29, 1.82) is 0 Å². The van der Waals surface area contributed by atoms with E-state index in [0.29, 0.717) is 10.9 Å². The van der Waals surface area contributed by atoms with E-state index in [2.05, 4.69) is 20.5 Å². The fraction of sp³-hybridized carbons (Fsp3) is 0.304. The fourth-order valence-electron chi connectivity index (χ4n) is 3.04. The van der Waals surface area contributed by atoms with E-state index in [1.807, 2.05) is 20.8 Å². The summed E-state index contributed by atoms with van der Waals surface area (Å²) in [7, 11) is 0. The smallest absolute Gasteiger partial charge is 0.416 e. The Hall–Kier alpha value is -3.54. The highest BCUT2D eigenvalue weighted by Gasteiger charge is 2.31. The molecular formula is C23H22F3N5O3S. The molecule has 0 fully saturated rings. The molecule has 35 heavy (non-hydrogen) atoms. The van der Waals surface area contributed by atoms with Crippen LogP contribution in [0.5, 0.6) is 0 Å². The number of hydrogen-bond acceptors (Lipinski definition) is 7. The van der Waals surface area contributed by atoms with Gasteiger partial charge in [-0.15, -0.1) is 10.2 Å². The molecule has 1 unspecified atom stereocenters. The molecule has 184 valence electrons. The highest BCUT2D eigenvalue weighted by Crippen LogP contribution is 2.34. The molecule has 1 amide bonds. The fourth-order valence-corrected chi connectivity index (χ4v) is 3.84. The first-order valence-electron chi connectivity index (χ1n) is 10.7. The molecule has 0 spiro atoms. The number of amides is 1. The van der Waals surface area contributed by atoms with Crippen LogP contribution < -0.4 is 5.32 Å². The molecule has 4 aromatic rings. The second kappa shape index (κ2) is 9.98. The first-order chi connectivity index (χ1) is 16.6. The average Bonchev–Trinajstić information content (AvgIpc) is 3.57. The Kier molecular flexibility index (Phi) is 7.01. The number of carbonyl (C=O) groups is 1. The van der Waals surface area contributed by atoms with Gasteiger partial charge in [0.2, 0.25) is 11.7 Å². The third-order valence-electron chi connectivity index (χ3n) is 5.27. The summed E-state index contributed by atoms with van der Waals surface area (Å²) in [5, 5.41) is 11.4. The van der Waals surface area contributed by atoms with Crippen LogP contribution >= 0.6 is 11.8 Å². The lowest BCUT2D eigenvalue weighted by molar-refractivity contribution is -0.137. The van der Waals surface area contributed by atoms with Gasteiger partial charge in [0.15, 0.2) is 16.6 Å². The number of halogens is 3. The second-order valence-corrected chi connectivity index (χ2v) is 9.03. The van der Waals surface area contributed by atoms with Crippen LogP contribution in [0.15, 0.2) is 62.9 Å². The van der Waals surface area contributed by atoms with Gasteiger partial charge < -0.3 is 14.2 Å². The van der Waals surface area contributed by atoms with Crippen molar-refractivity contribution in [3.63, 3.8) is 0 Å². The van der Waals surface area contributed by atoms with E-state index in [-0.39, 0.29) is 46.7 Å². The molecule has 4 rings (SSSR count). The molecule has 0 radical (unpaired) electrons. The number of thioether (sulfide) groups is 1. The zero-order valence-electron chi connectivity index (χ0n) is 19.0. The molecular weight excluding hydrogens is 483 g/mol. The van der Waals surface area contributed by atoms with Crippen molar-refractivity contribution in [3.8, 4) is 17.3 Å². The van der Waals surface area contributed by atoms with Crippen molar-refractivity contribution in [2.75, 3.05) is 0 Å². The third kappa shape index (κ3) is 5.59. The number of carbonyl (C=O) groups excluding carboxylic acids is 1. The Bertz CT molecular complexity index is 1300. The SMILES string of the molecule is CC(C)C(C)NC(=O)c1coc(CSc2nnc(-c3ccco3)n2-c2cccc(C(F)(F)F)c2)n1. The molecule has 12 heteroatoms. The number of hydrogen-bond donors (Lipinski definition) is 1. The van der Waals surface area contributed by atoms with Crippen molar-refractivity contribution >= 4 is 17.7 Å². The molecule has 3 heterocycles. The molecule has 1 N–H and O–H groups in total. The Morgan fingerprint density at radius 1 is 1.14 bits per heavy atom. The summed E-state index contributed by atoms with van der Waals surface area (Å²) < 4.78 is 52.3. The monoisotopic (exact) mass is 505 g/mol. The maximum atomic E-state index is 13.3. The van der Waals surface area contributed by atoms with Gasteiger partial charge in [-0.25, -0.2) is 4.98 Å². The number of furan rings is 1. The maximum absolute atomic E-state index is 13.3. The van der Waals surface area contributed by atoms with Crippen molar-refractivity contribution in [3.05, 3.63) is 66.1 Å². The van der Waals surface area contributed by atoms with Gasteiger partial charge in [0.25, 0.3) is 5.91 Å². The van der Waals surface area contributed by atoms with Crippen LogP contribution in [0.4, 0.5) is 13.2 Å². The number of oxazole rings is 1. The first-order valence-corrected chi connectivity index (χ1v) is 11.7. The van der Waals surface area contributed by atoms with Gasteiger partial charge in [0.05, 0.1) is 23.3 Å². The van der Waals surface area contributed by atoms with Crippen LogP contribution in [-0.2, 0) is 11.9 Å². The van der Waals surface area contributed by atoms with E-state index in [1.54, 1.807) is 12.1 Å². The van der Waals surface area contributed by atoms with E-state index in [1.165, 1.54) is 29.2 Å². The lowest BCUT2D eigenvalue weighted by atomic mass is 10.1. The standard InChI is InChI=1S/C23H22F3N5O3S/c1-13(2)14(3)27-21(32)17-11-34-19(28-17)12-35-22-30-29-20(18-8-5-9-33-18)31(22)16-7-4-6-15(10-16)23(24,25)26/h4-11,13-14H,12H2,1-3H3,(H,27,32). The van der Waals surface area contributed by atoms with Crippen LogP contribution in [0.3, 0.4) is 0 Å². The normalized spacial score (nSPS) is 12.8. The van der Waals surface area contributed by atoms with E-state index >= 15 is 0 Å². The Balaban J connectivity index is 1.59. The first kappa shape index (κ1) is 24.6. The second-order valence-electron chi connectivity index (χ2n) is 8.09. The molecule has 1 atom stereocenters. The third-order valence-corrected chi connectivity index (χ3v) is 6.19. The summed E-state index contributed by atoms with van der Waals surface area (Å²) >= 11 is 1.15. The molecule has 0 aliphatic heterocycles. The molecule has 0 saturated heterocycles. The van der Waals surface area contributed by atoms with Crippen LogP contribution in [0, 0.1) is 5.92 Å². The number of aromatic nitrogens is 4. The molecule has 3 aromatic heterocycles. The Labute approximate surface area is 202 Å². The van der Waals surface area contributed by atoms with E-state index < -0.39 is 11.7 Å². The minimum absolute atomic E-state index is 0.0388. The van der Waals surface area contributed by atoms with Gasteiger partial charge in [0, 0.05) is 6.04 Å². The zero-order chi connectivity index (χ0) is 25.2. The molecule has 0 saturated carbocycles.